The Morgan fingerprint density at radius 2 is 1.80 bits per heavy atom. The predicted molar refractivity (Wildman–Crippen MR) is 84.6 cm³/mol. The Hall–Kier alpha value is -1.51. The van der Waals surface area contributed by atoms with E-state index >= 15 is 0 Å². The third kappa shape index (κ3) is 3.99. The normalized spacial score (nSPS) is 10.3. The zero-order valence-corrected chi connectivity index (χ0v) is 12.6. The highest BCUT2D eigenvalue weighted by Crippen LogP contribution is 2.23. The van der Waals surface area contributed by atoms with Gasteiger partial charge in [-0.2, -0.15) is 0 Å². The molecule has 2 aromatic rings. The second-order valence-corrected chi connectivity index (χ2v) is 5.43. The molecule has 2 rings (SSSR count). The van der Waals surface area contributed by atoms with Crippen molar-refractivity contribution in [3.8, 4) is 0 Å². The minimum absolute atomic E-state index is 0.0229. The van der Waals surface area contributed by atoms with E-state index in [1.165, 1.54) is 0 Å². The second kappa shape index (κ2) is 6.78. The van der Waals surface area contributed by atoms with Crippen LogP contribution in [0.2, 0.25) is 10.0 Å². The summed E-state index contributed by atoms with van der Waals surface area (Å²) in [7, 11) is 0. The highest BCUT2D eigenvalue weighted by Gasteiger charge is 2.07. The van der Waals surface area contributed by atoms with Crippen LogP contribution in [0.4, 0.5) is 5.69 Å². The topological polar surface area (TPSA) is 29.1 Å². The van der Waals surface area contributed by atoms with Crippen LogP contribution in [0.25, 0.3) is 0 Å². The van der Waals surface area contributed by atoms with Crippen molar-refractivity contribution in [2.75, 3.05) is 5.32 Å². The Morgan fingerprint density at radius 1 is 1.10 bits per heavy atom. The average molecular weight is 308 g/mol. The van der Waals surface area contributed by atoms with Crippen molar-refractivity contribution in [3.05, 3.63) is 63.6 Å². The number of aryl methyl sites for hydroxylation is 1. The number of anilines is 1. The number of hydrogen-bond acceptors (Lipinski definition) is 1. The molecule has 104 valence electrons. The third-order valence-electron chi connectivity index (χ3n) is 3.10. The molecule has 0 atom stereocenters. The van der Waals surface area contributed by atoms with Gasteiger partial charge in [0.2, 0.25) is 5.91 Å². The molecule has 0 heterocycles. The van der Waals surface area contributed by atoms with Crippen LogP contribution in [0.1, 0.15) is 17.5 Å². The van der Waals surface area contributed by atoms with E-state index in [2.05, 4.69) is 5.32 Å². The van der Waals surface area contributed by atoms with Gasteiger partial charge in [-0.05, 0) is 48.7 Å². The average Bonchev–Trinajstić information content (AvgIpc) is 2.43. The Bertz CT molecular complexity index is 608. The van der Waals surface area contributed by atoms with Crippen LogP contribution in [-0.4, -0.2) is 5.91 Å². The molecule has 0 bridgehead atoms. The van der Waals surface area contributed by atoms with Crippen LogP contribution >= 0.6 is 23.2 Å². The number of carbonyl (C=O) groups excluding carboxylic acids is 1. The monoisotopic (exact) mass is 307 g/mol. The number of halogens is 2. The first-order chi connectivity index (χ1) is 9.56. The highest BCUT2D eigenvalue weighted by molar-refractivity contribution is 6.31. The Morgan fingerprint density at radius 3 is 2.50 bits per heavy atom. The van der Waals surface area contributed by atoms with Crippen molar-refractivity contribution in [3.63, 3.8) is 0 Å². The summed E-state index contributed by atoms with van der Waals surface area (Å²) in [6.07, 6.45) is 1.11. The van der Waals surface area contributed by atoms with Crippen molar-refractivity contribution in [1.29, 1.82) is 0 Å². The SMILES string of the molecule is Cc1c(Cl)cccc1NC(=O)CCc1ccc(Cl)cc1. The fourth-order valence-corrected chi connectivity index (χ4v) is 2.17. The van der Waals surface area contributed by atoms with Gasteiger partial charge in [0.1, 0.15) is 0 Å². The molecule has 1 amide bonds. The summed E-state index contributed by atoms with van der Waals surface area (Å²) in [6, 6.07) is 13.0. The lowest BCUT2D eigenvalue weighted by Crippen LogP contribution is -2.13. The van der Waals surface area contributed by atoms with Crippen molar-refractivity contribution in [2.45, 2.75) is 19.8 Å². The van der Waals surface area contributed by atoms with Crippen molar-refractivity contribution in [2.24, 2.45) is 0 Å². The summed E-state index contributed by atoms with van der Waals surface area (Å²) in [6.45, 7) is 1.89. The quantitative estimate of drug-likeness (QED) is 0.857. The maximum absolute atomic E-state index is 11.9. The first kappa shape index (κ1) is 14.9. The smallest absolute Gasteiger partial charge is 0.224 e. The molecule has 0 unspecified atom stereocenters. The van der Waals surface area contributed by atoms with E-state index in [1.807, 2.05) is 43.3 Å². The van der Waals surface area contributed by atoms with Crippen LogP contribution in [0.5, 0.6) is 0 Å². The molecule has 0 aliphatic heterocycles. The minimum Gasteiger partial charge on any atom is -0.326 e. The van der Waals surface area contributed by atoms with Crippen LogP contribution in [-0.2, 0) is 11.2 Å². The predicted octanol–water partition coefficient (Wildman–Crippen LogP) is 4.87. The summed E-state index contributed by atoms with van der Waals surface area (Å²) in [5, 5.41) is 4.24. The lowest BCUT2D eigenvalue weighted by molar-refractivity contribution is -0.116. The summed E-state index contributed by atoms with van der Waals surface area (Å²) in [4.78, 5) is 11.9. The fraction of sp³-hybridized carbons (Fsp3) is 0.188. The lowest BCUT2D eigenvalue weighted by atomic mass is 10.1. The second-order valence-electron chi connectivity index (χ2n) is 4.59. The highest BCUT2D eigenvalue weighted by atomic mass is 35.5. The van der Waals surface area contributed by atoms with E-state index in [1.54, 1.807) is 6.07 Å². The van der Waals surface area contributed by atoms with E-state index in [0.29, 0.717) is 22.9 Å². The molecular formula is C16H15Cl2NO. The van der Waals surface area contributed by atoms with Crippen LogP contribution in [0.15, 0.2) is 42.5 Å². The number of benzene rings is 2. The van der Waals surface area contributed by atoms with Gasteiger partial charge in [-0.3, -0.25) is 4.79 Å². The first-order valence-electron chi connectivity index (χ1n) is 6.35. The zero-order chi connectivity index (χ0) is 14.5. The van der Waals surface area contributed by atoms with Gasteiger partial charge in [-0.1, -0.05) is 41.4 Å². The third-order valence-corrected chi connectivity index (χ3v) is 3.76. The molecule has 0 aliphatic carbocycles. The maximum Gasteiger partial charge on any atom is 0.224 e. The minimum atomic E-state index is -0.0229. The molecule has 2 aromatic carbocycles. The number of rotatable bonds is 4. The number of nitrogens with one attached hydrogen (secondary N) is 1. The van der Waals surface area contributed by atoms with E-state index in [-0.39, 0.29) is 5.91 Å². The van der Waals surface area contributed by atoms with Gasteiger partial charge in [0.25, 0.3) is 0 Å². The molecule has 0 spiro atoms. The molecule has 0 aliphatic rings. The Balaban J connectivity index is 1.92. The van der Waals surface area contributed by atoms with Crippen LogP contribution in [0, 0.1) is 6.92 Å². The summed E-state index contributed by atoms with van der Waals surface area (Å²) >= 11 is 11.8. The molecule has 0 radical (unpaired) electrons. The number of hydrogen-bond donors (Lipinski definition) is 1. The molecule has 0 saturated heterocycles. The largest absolute Gasteiger partial charge is 0.326 e. The zero-order valence-electron chi connectivity index (χ0n) is 11.1. The Kier molecular flexibility index (Phi) is 5.05. The molecule has 2 nitrogen and oxygen atoms in total. The van der Waals surface area contributed by atoms with Gasteiger partial charge < -0.3 is 5.32 Å². The molecule has 0 fully saturated rings. The Labute approximate surface area is 128 Å². The molecule has 1 N–H and O–H groups in total. The summed E-state index contributed by atoms with van der Waals surface area (Å²) in [5.41, 5.74) is 2.74. The van der Waals surface area contributed by atoms with Crippen LogP contribution in [0.3, 0.4) is 0 Å². The number of carbonyl (C=O) groups is 1. The van der Waals surface area contributed by atoms with E-state index in [0.717, 1.165) is 16.8 Å². The van der Waals surface area contributed by atoms with Gasteiger partial charge in [0.05, 0.1) is 0 Å². The summed E-state index contributed by atoms with van der Waals surface area (Å²) in [5.74, 6) is -0.0229. The van der Waals surface area contributed by atoms with Gasteiger partial charge in [0.15, 0.2) is 0 Å². The maximum atomic E-state index is 11.9. The molecule has 0 saturated carbocycles. The van der Waals surface area contributed by atoms with Crippen molar-refractivity contribution >= 4 is 34.8 Å². The number of amides is 1. The molecular weight excluding hydrogens is 293 g/mol. The molecule has 20 heavy (non-hydrogen) atoms. The van der Waals surface area contributed by atoms with Crippen molar-refractivity contribution in [1.82, 2.24) is 0 Å². The van der Waals surface area contributed by atoms with E-state index < -0.39 is 0 Å². The summed E-state index contributed by atoms with van der Waals surface area (Å²) < 4.78 is 0. The van der Waals surface area contributed by atoms with E-state index in [9.17, 15) is 4.79 Å². The lowest BCUT2D eigenvalue weighted by Gasteiger charge is -2.09. The van der Waals surface area contributed by atoms with Gasteiger partial charge in [0, 0.05) is 22.2 Å². The molecule has 0 aromatic heterocycles. The van der Waals surface area contributed by atoms with Crippen LogP contribution < -0.4 is 5.32 Å². The van der Waals surface area contributed by atoms with Gasteiger partial charge in [-0.25, -0.2) is 0 Å². The van der Waals surface area contributed by atoms with Gasteiger partial charge >= 0.3 is 0 Å². The van der Waals surface area contributed by atoms with Gasteiger partial charge in [-0.15, -0.1) is 0 Å². The first-order valence-corrected chi connectivity index (χ1v) is 7.11. The fourth-order valence-electron chi connectivity index (χ4n) is 1.86. The molecule has 4 heteroatoms. The van der Waals surface area contributed by atoms with Crippen molar-refractivity contribution < 1.29 is 4.79 Å². The standard InChI is InChI=1S/C16H15Cl2NO/c1-11-14(18)3-2-4-15(11)19-16(20)10-7-12-5-8-13(17)9-6-12/h2-6,8-9H,7,10H2,1H3,(H,19,20). The van der Waals surface area contributed by atoms with E-state index in [4.69, 9.17) is 23.2 Å².